The molecule has 0 saturated carbocycles. The standard InChI is InChI=1S/C32H41N5O6/c1-19(2)25(26(39)30(42)33-18-24(38)37-17-16-21-12-10-11-15-23(21)37)35-28(40)20(3)34-31(43)27(32(4,5)6)36-29(41)22-13-8-7-9-14-22/h7-15,19-20,25,27H,16-18H2,1-6H3,(H,33,42)(H,34,43)(H,35,40)(H,36,41)/t20-,25-,27+/m0/s1. The van der Waals surface area contributed by atoms with Gasteiger partial charge in [-0.2, -0.15) is 0 Å². The summed E-state index contributed by atoms with van der Waals surface area (Å²) in [6, 6.07) is 12.7. The van der Waals surface area contributed by atoms with E-state index in [0.29, 0.717) is 18.5 Å². The van der Waals surface area contributed by atoms with E-state index in [2.05, 4.69) is 21.3 Å². The molecule has 5 amide bonds. The van der Waals surface area contributed by atoms with Crippen LogP contribution in [0.5, 0.6) is 0 Å². The van der Waals surface area contributed by atoms with Gasteiger partial charge in [0.1, 0.15) is 12.1 Å². The minimum absolute atomic E-state index is 0.347. The van der Waals surface area contributed by atoms with Crippen LogP contribution in [0, 0.1) is 11.3 Å². The van der Waals surface area contributed by atoms with Crippen LogP contribution in [-0.4, -0.2) is 66.5 Å². The number of amides is 5. The molecule has 0 aromatic heterocycles. The average Bonchev–Trinajstić information content (AvgIpc) is 3.40. The molecule has 43 heavy (non-hydrogen) atoms. The number of nitrogens with zero attached hydrogens (tertiary/aromatic N) is 1. The summed E-state index contributed by atoms with van der Waals surface area (Å²) in [5, 5.41) is 10.3. The maximum Gasteiger partial charge on any atom is 0.290 e. The second kappa shape index (κ2) is 14.1. The SMILES string of the molecule is CC(C)[C@H](NC(=O)[C@H](C)NC(=O)[C@@H](NC(=O)c1ccccc1)C(C)(C)C)C(=O)C(=O)NCC(=O)N1CCc2ccccc21. The first-order valence-corrected chi connectivity index (χ1v) is 14.4. The predicted molar refractivity (Wildman–Crippen MR) is 162 cm³/mol. The van der Waals surface area contributed by atoms with Gasteiger partial charge >= 0.3 is 0 Å². The summed E-state index contributed by atoms with van der Waals surface area (Å²) in [7, 11) is 0. The van der Waals surface area contributed by atoms with Crippen molar-refractivity contribution in [2.75, 3.05) is 18.0 Å². The Morgan fingerprint density at radius 1 is 0.814 bits per heavy atom. The zero-order valence-corrected chi connectivity index (χ0v) is 25.5. The molecule has 0 saturated heterocycles. The molecule has 3 rings (SSSR count). The lowest BCUT2D eigenvalue weighted by Gasteiger charge is -2.31. The molecule has 0 spiro atoms. The highest BCUT2D eigenvalue weighted by atomic mass is 16.2. The van der Waals surface area contributed by atoms with E-state index in [-0.39, 0.29) is 12.5 Å². The van der Waals surface area contributed by atoms with Crippen LogP contribution in [0.1, 0.15) is 57.5 Å². The monoisotopic (exact) mass is 591 g/mol. The minimum atomic E-state index is -1.19. The van der Waals surface area contributed by atoms with E-state index in [9.17, 15) is 28.8 Å². The number of carbonyl (C=O) groups excluding carboxylic acids is 6. The summed E-state index contributed by atoms with van der Waals surface area (Å²) in [6.07, 6.45) is 0.709. The molecule has 11 heteroatoms. The lowest BCUT2D eigenvalue weighted by Crippen LogP contribution is -2.59. The Morgan fingerprint density at radius 2 is 1.44 bits per heavy atom. The van der Waals surface area contributed by atoms with E-state index >= 15 is 0 Å². The number of Topliss-reactive ketones (excluding diaryl/α,β-unsaturated/α-hetero) is 1. The number of nitrogens with one attached hydrogen (secondary N) is 4. The van der Waals surface area contributed by atoms with E-state index in [0.717, 1.165) is 11.3 Å². The molecule has 0 fully saturated rings. The van der Waals surface area contributed by atoms with Gasteiger partial charge in [-0.05, 0) is 48.4 Å². The minimum Gasteiger partial charge on any atom is -0.344 e. The van der Waals surface area contributed by atoms with Crippen molar-refractivity contribution in [3.63, 3.8) is 0 Å². The van der Waals surface area contributed by atoms with Crippen molar-refractivity contribution >= 4 is 41.0 Å². The van der Waals surface area contributed by atoms with E-state index in [1.807, 2.05) is 24.3 Å². The quantitative estimate of drug-likeness (QED) is 0.292. The molecule has 0 unspecified atom stereocenters. The van der Waals surface area contributed by atoms with Crippen molar-refractivity contribution in [3.05, 3.63) is 65.7 Å². The molecule has 3 atom stereocenters. The van der Waals surface area contributed by atoms with Gasteiger partial charge in [-0.15, -0.1) is 0 Å². The highest BCUT2D eigenvalue weighted by Crippen LogP contribution is 2.27. The van der Waals surface area contributed by atoms with Gasteiger partial charge in [-0.3, -0.25) is 28.8 Å². The number of benzene rings is 2. The average molecular weight is 592 g/mol. The van der Waals surface area contributed by atoms with E-state index in [1.54, 1.807) is 69.9 Å². The Labute approximate surface area is 252 Å². The fourth-order valence-electron chi connectivity index (χ4n) is 4.73. The fraction of sp³-hybridized carbons (Fsp3) is 0.438. The number of fused-ring (bicyclic) bond motifs is 1. The summed E-state index contributed by atoms with van der Waals surface area (Å²) < 4.78 is 0. The van der Waals surface area contributed by atoms with E-state index in [4.69, 9.17) is 0 Å². The first-order valence-electron chi connectivity index (χ1n) is 14.4. The number of hydrogen-bond donors (Lipinski definition) is 4. The summed E-state index contributed by atoms with van der Waals surface area (Å²) >= 11 is 0. The van der Waals surface area contributed by atoms with Crippen LogP contribution in [0.2, 0.25) is 0 Å². The van der Waals surface area contributed by atoms with Crippen molar-refractivity contribution in [2.24, 2.45) is 11.3 Å². The first-order chi connectivity index (χ1) is 20.2. The van der Waals surface area contributed by atoms with Crippen molar-refractivity contribution < 1.29 is 28.8 Å². The smallest absolute Gasteiger partial charge is 0.290 e. The number of para-hydroxylation sites is 1. The Morgan fingerprint density at radius 3 is 2.07 bits per heavy atom. The third kappa shape index (κ3) is 8.50. The van der Waals surface area contributed by atoms with Crippen LogP contribution in [-0.2, 0) is 30.4 Å². The van der Waals surface area contributed by atoms with Crippen molar-refractivity contribution in [3.8, 4) is 0 Å². The zero-order valence-electron chi connectivity index (χ0n) is 25.5. The fourth-order valence-corrected chi connectivity index (χ4v) is 4.73. The van der Waals surface area contributed by atoms with Gasteiger partial charge in [-0.1, -0.05) is 71.0 Å². The lowest BCUT2D eigenvalue weighted by atomic mass is 9.85. The molecule has 0 aliphatic carbocycles. The highest BCUT2D eigenvalue weighted by molar-refractivity contribution is 6.38. The molecule has 0 radical (unpaired) electrons. The first kappa shape index (κ1) is 33.0. The summed E-state index contributed by atoms with van der Waals surface area (Å²) in [5.74, 6) is -4.39. The predicted octanol–water partition coefficient (Wildman–Crippen LogP) is 1.75. The number of carbonyl (C=O) groups is 6. The van der Waals surface area contributed by atoms with Crippen molar-refractivity contribution in [1.82, 2.24) is 21.3 Å². The van der Waals surface area contributed by atoms with Crippen molar-refractivity contribution in [1.29, 1.82) is 0 Å². The summed E-state index contributed by atoms with van der Waals surface area (Å²) in [4.78, 5) is 79.0. The van der Waals surface area contributed by atoms with Crippen LogP contribution in [0.4, 0.5) is 5.69 Å². The van der Waals surface area contributed by atoms with E-state index in [1.165, 1.54) is 6.92 Å². The largest absolute Gasteiger partial charge is 0.344 e. The Hall–Kier alpha value is -4.54. The van der Waals surface area contributed by atoms with Gasteiger partial charge in [0.25, 0.3) is 11.8 Å². The van der Waals surface area contributed by atoms with Crippen LogP contribution in [0.15, 0.2) is 54.6 Å². The Kier molecular flexibility index (Phi) is 10.8. The second-order valence-electron chi connectivity index (χ2n) is 12.1. The van der Waals surface area contributed by atoms with Gasteiger partial charge < -0.3 is 26.2 Å². The second-order valence-corrected chi connectivity index (χ2v) is 12.1. The van der Waals surface area contributed by atoms with Crippen LogP contribution >= 0.6 is 0 Å². The van der Waals surface area contributed by atoms with Gasteiger partial charge in [0.2, 0.25) is 23.5 Å². The molecule has 2 aromatic carbocycles. The molecular formula is C32H41N5O6. The topological polar surface area (TPSA) is 154 Å². The molecule has 11 nitrogen and oxygen atoms in total. The maximum atomic E-state index is 13.2. The Balaban J connectivity index is 1.58. The van der Waals surface area contributed by atoms with Crippen LogP contribution in [0.25, 0.3) is 0 Å². The third-order valence-electron chi connectivity index (χ3n) is 7.25. The van der Waals surface area contributed by atoms with Gasteiger partial charge in [0, 0.05) is 17.8 Å². The third-order valence-corrected chi connectivity index (χ3v) is 7.25. The molecule has 0 bridgehead atoms. The highest BCUT2D eigenvalue weighted by Gasteiger charge is 2.36. The lowest BCUT2D eigenvalue weighted by molar-refractivity contribution is -0.141. The normalized spacial score (nSPS) is 14.6. The molecule has 1 aliphatic heterocycles. The van der Waals surface area contributed by atoms with Gasteiger partial charge in [0.15, 0.2) is 0 Å². The summed E-state index contributed by atoms with van der Waals surface area (Å²) in [5.41, 5.74) is 1.52. The Bertz CT molecular complexity index is 1370. The van der Waals surface area contributed by atoms with Crippen LogP contribution in [0.3, 0.4) is 0 Å². The molecule has 4 N–H and O–H groups in total. The van der Waals surface area contributed by atoms with E-state index < -0.39 is 58.9 Å². The molecule has 230 valence electrons. The molecule has 1 aliphatic rings. The van der Waals surface area contributed by atoms with Gasteiger partial charge in [-0.25, -0.2) is 0 Å². The number of rotatable bonds is 11. The molecule has 1 heterocycles. The van der Waals surface area contributed by atoms with Gasteiger partial charge in [0.05, 0.1) is 12.6 Å². The van der Waals surface area contributed by atoms with Crippen LogP contribution < -0.4 is 26.2 Å². The summed E-state index contributed by atoms with van der Waals surface area (Å²) in [6.45, 7) is 10.3. The number of hydrogen-bond acceptors (Lipinski definition) is 6. The molecular weight excluding hydrogens is 550 g/mol. The zero-order chi connectivity index (χ0) is 31.9. The molecule has 2 aromatic rings. The maximum absolute atomic E-state index is 13.2. The number of anilines is 1. The van der Waals surface area contributed by atoms with Crippen molar-refractivity contribution in [2.45, 2.75) is 66.1 Å². The number of ketones is 1.